The molecule has 0 aliphatic carbocycles. The number of nitrogens with one attached hydrogen (secondary N) is 1. The predicted molar refractivity (Wildman–Crippen MR) is 91.7 cm³/mol. The Bertz CT molecular complexity index is 784. The molecule has 1 aromatic heterocycles. The Morgan fingerprint density at radius 2 is 1.73 bits per heavy atom. The molecule has 0 unspecified atom stereocenters. The molecule has 1 heterocycles. The van der Waals surface area contributed by atoms with Crippen molar-refractivity contribution >= 4 is 34.0 Å². The Hall–Kier alpha value is -2.17. The molecule has 0 aliphatic rings. The van der Waals surface area contributed by atoms with Crippen molar-refractivity contribution in [3.05, 3.63) is 59.4 Å². The van der Waals surface area contributed by atoms with Crippen LogP contribution >= 0.6 is 11.6 Å². The smallest absolute Gasteiger partial charge is 0.145 e. The molecule has 0 aliphatic heterocycles. The van der Waals surface area contributed by atoms with Gasteiger partial charge in [0, 0.05) is 16.1 Å². The number of aromatic nitrogens is 2. The fraction of sp³-hybridized carbons (Fsp3) is 0.176. The molecular weight excluding hydrogens is 296 g/mol. The van der Waals surface area contributed by atoms with Crippen LogP contribution in [0.25, 0.3) is 10.9 Å². The molecule has 1 N–H and O–H groups in total. The molecule has 3 rings (SSSR count). The molecule has 5 heteroatoms. The summed E-state index contributed by atoms with van der Waals surface area (Å²) in [5, 5.41) is 5.07. The Kier molecular flexibility index (Phi) is 4.22. The van der Waals surface area contributed by atoms with Crippen LogP contribution in [0.1, 0.15) is 5.82 Å². The summed E-state index contributed by atoms with van der Waals surface area (Å²) in [6, 6.07) is 15.6. The number of para-hydroxylation sites is 1. The highest BCUT2D eigenvalue weighted by Gasteiger charge is 2.08. The van der Waals surface area contributed by atoms with Crippen LogP contribution in [0.3, 0.4) is 0 Å². The number of anilines is 2. The van der Waals surface area contributed by atoms with E-state index in [0.29, 0.717) is 11.6 Å². The third-order valence-electron chi connectivity index (χ3n) is 3.21. The predicted octanol–water partition coefficient (Wildman–Crippen LogP) is 4.09. The maximum absolute atomic E-state index is 5.93. The zero-order chi connectivity index (χ0) is 15.5. The fourth-order valence-electron chi connectivity index (χ4n) is 2.24. The van der Waals surface area contributed by atoms with Gasteiger partial charge >= 0.3 is 0 Å². The fourth-order valence-corrected chi connectivity index (χ4v) is 2.37. The first-order valence-electron chi connectivity index (χ1n) is 7.05. The molecule has 0 radical (unpaired) electrons. The van der Waals surface area contributed by atoms with E-state index in [1.54, 1.807) is 0 Å². The van der Waals surface area contributed by atoms with E-state index < -0.39 is 0 Å². The van der Waals surface area contributed by atoms with E-state index in [-0.39, 0.29) is 0 Å². The van der Waals surface area contributed by atoms with Gasteiger partial charge in [0.15, 0.2) is 0 Å². The van der Waals surface area contributed by atoms with Gasteiger partial charge in [0.2, 0.25) is 0 Å². The first kappa shape index (κ1) is 14.8. The Morgan fingerprint density at radius 1 is 1.00 bits per heavy atom. The minimum Gasteiger partial charge on any atom is -0.340 e. The molecule has 0 fully saturated rings. The highest BCUT2D eigenvalue weighted by atomic mass is 35.5. The number of nitrogens with zero attached hydrogens (tertiary/aromatic N) is 3. The largest absolute Gasteiger partial charge is 0.340 e. The quantitative estimate of drug-likeness (QED) is 0.788. The van der Waals surface area contributed by atoms with Gasteiger partial charge in [-0.1, -0.05) is 23.7 Å². The number of benzene rings is 2. The Balaban J connectivity index is 2.03. The van der Waals surface area contributed by atoms with E-state index in [2.05, 4.69) is 20.2 Å². The number of halogens is 1. The third-order valence-corrected chi connectivity index (χ3v) is 3.47. The summed E-state index contributed by atoms with van der Waals surface area (Å²) in [6.07, 6.45) is 0. The molecule has 112 valence electrons. The van der Waals surface area contributed by atoms with Crippen LogP contribution in [0.15, 0.2) is 48.5 Å². The number of hydrogen-bond donors (Lipinski definition) is 1. The molecule has 0 atom stereocenters. The standard InChI is InChI=1S/C17H17ClN4/c1-22(2)11-16-20-15-6-4-3-5-14(15)17(21-16)19-13-9-7-12(18)8-10-13/h3-10H,11H2,1-2H3,(H,19,20,21). The van der Waals surface area contributed by atoms with Crippen LogP contribution in [0.5, 0.6) is 0 Å². The van der Waals surface area contributed by atoms with Crippen molar-refractivity contribution in [3.63, 3.8) is 0 Å². The Morgan fingerprint density at radius 3 is 2.45 bits per heavy atom. The van der Waals surface area contributed by atoms with Gasteiger partial charge < -0.3 is 10.2 Å². The van der Waals surface area contributed by atoms with Gasteiger partial charge in [-0.3, -0.25) is 0 Å². The van der Waals surface area contributed by atoms with E-state index >= 15 is 0 Å². The average Bonchev–Trinajstić information content (AvgIpc) is 2.49. The molecule has 4 nitrogen and oxygen atoms in total. The lowest BCUT2D eigenvalue weighted by Crippen LogP contribution is -2.14. The molecule has 2 aromatic carbocycles. The molecule has 0 amide bonds. The van der Waals surface area contributed by atoms with Crippen molar-refractivity contribution in [3.8, 4) is 0 Å². The van der Waals surface area contributed by atoms with Gasteiger partial charge in [0.05, 0.1) is 12.1 Å². The molecule has 0 saturated heterocycles. The number of fused-ring (bicyclic) bond motifs is 1. The summed E-state index contributed by atoms with van der Waals surface area (Å²) >= 11 is 5.93. The van der Waals surface area contributed by atoms with E-state index in [1.165, 1.54) is 0 Å². The summed E-state index contributed by atoms with van der Waals surface area (Å²) in [5.74, 6) is 1.60. The van der Waals surface area contributed by atoms with Gasteiger partial charge in [-0.25, -0.2) is 9.97 Å². The summed E-state index contributed by atoms with van der Waals surface area (Å²) in [6.45, 7) is 0.695. The monoisotopic (exact) mass is 312 g/mol. The van der Waals surface area contributed by atoms with Crippen LogP contribution < -0.4 is 5.32 Å². The second kappa shape index (κ2) is 6.30. The van der Waals surface area contributed by atoms with Gasteiger partial charge in [0.25, 0.3) is 0 Å². The number of rotatable bonds is 4. The zero-order valence-electron chi connectivity index (χ0n) is 12.5. The molecule has 3 aromatic rings. The molecule has 0 spiro atoms. The van der Waals surface area contributed by atoms with E-state index in [4.69, 9.17) is 11.6 Å². The number of hydrogen-bond acceptors (Lipinski definition) is 4. The van der Waals surface area contributed by atoms with Crippen molar-refractivity contribution in [1.82, 2.24) is 14.9 Å². The molecular formula is C17H17ClN4. The summed E-state index contributed by atoms with van der Waals surface area (Å²) in [7, 11) is 4.01. The maximum atomic E-state index is 5.93. The van der Waals surface area contributed by atoms with Crippen molar-refractivity contribution in [2.75, 3.05) is 19.4 Å². The van der Waals surface area contributed by atoms with E-state index in [1.807, 2.05) is 62.6 Å². The highest BCUT2D eigenvalue weighted by Crippen LogP contribution is 2.24. The van der Waals surface area contributed by atoms with Crippen LogP contribution in [0.4, 0.5) is 11.5 Å². The molecule has 0 bridgehead atoms. The average molecular weight is 313 g/mol. The van der Waals surface area contributed by atoms with Gasteiger partial charge in [0.1, 0.15) is 11.6 Å². The van der Waals surface area contributed by atoms with Gasteiger partial charge in [-0.05, 0) is 50.5 Å². The lowest BCUT2D eigenvalue weighted by atomic mass is 10.2. The molecule has 0 saturated carbocycles. The van der Waals surface area contributed by atoms with Crippen LogP contribution in [-0.4, -0.2) is 29.0 Å². The second-order valence-corrected chi connectivity index (χ2v) is 5.81. The minimum absolute atomic E-state index is 0.695. The van der Waals surface area contributed by atoms with Crippen LogP contribution in [0, 0.1) is 0 Å². The van der Waals surface area contributed by atoms with Crippen molar-refractivity contribution in [1.29, 1.82) is 0 Å². The van der Waals surface area contributed by atoms with Crippen molar-refractivity contribution < 1.29 is 0 Å². The van der Waals surface area contributed by atoms with E-state index in [9.17, 15) is 0 Å². The third kappa shape index (κ3) is 3.35. The lowest BCUT2D eigenvalue weighted by molar-refractivity contribution is 0.391. The van der Waals surface area contributed by atoms with Crippen molar-refractivity contribution in [2.24, 2.45) is 0 Å². The minimum atomic E-state index is 0.695. The van der Waals surface area contributed by atoms with Gasteiger partial charge in [-0.2, -0.15) is 0 Å². The SMILES string of the molecule is CN(C)Cc1nc(Nc2ccc(Cl)cc2)c2ccccc2n1. The van der Waals surface area contributed by atoms with Crippen molar-refractivity contribution in [2.45, 2.75) is 6.54 Å². The van der Waals surface area contributed by atoms with Crippen LogP contribution in [-0.2, 0) is 6.54 Å². The first-order valence-corrected chi connectivity index (χ1v) is 7.42. The summed E-state index contributed by atoms with van der Waals surface area (Å²) in [5.41, 5.74) is 1.88. The highest BCUT2D eigenvalue weighted by molar-refractivity contribution is 6.30. The zero-order valence-corrected chi connectivity index (χ0v) is 13.3. The maximum Gasteiger partial charge on any atom is 0.145 e. The second-order valence-electron chi connectivity index (χ2n) is 5.38. The topological polar surface area (TPSA) is 41.1 Å². The van der Waals surface area contributed by atoms with Crippen LogP contribution in [0.2, 0.25) is 5.02 Å². The lowest BCUT2D eigenvalue weighted by Gasteiger charge is -2.13. The van der Waals surface area contributed by atoms with Gasteiger partial charge in [-0.15, -0.1) is 0 Å². The van der Waals surface area contributed by atoms with E-state index in [0.717, 1.165) is 28.2 Å². The normalized spacial score (nSPS) is 11.1. The summed E-state index contributed by atoms with van der Waals surface area (Å²) in [4.78, 5) is 11.3. The summed E-state index contributed by atoms with van der Waals surface area (Å²) < 4.78 is 0. The Labute approximate surface area is 134 Å². The molecule has 22 heavy (non-hydrogen) atoms. The first-order chi connectivity index (χ1) is 10.6.